The molecule has 1 aliphatic rings. The van der Waals surface area contributed by atoms with Gasteiger partial charge in [-0.15, -0.1) is 0 Å². The summed E-state index contributed by atoms with van der Waals surface area (Å²) >= 11 is 0. The highest BCUT2D eigenvalue weighted by atomic mass is 16.5. The molecule has 6 nitrogen and oxygen atoms in total. The zero-order valence-electron chi connectivity index (χ0n) is 17.7. The van der Waals surface area contributed by atoms with Crippen molar-refractivity contribution in [3.05, 3.63) is 70.5 Å². The molecule has 0 fully saturated rings. The van der Waals surface area contributed by atoms with E-state index in [0.29, 0.717) is 12.0 Å². The van der Waals surface area contributed by atoms with Crippen molar-refractivity contribution in [3.8, 4) is 16.9 Å². The van der Waals surface area contributed by atoms with Crippen molar-refractivity contribution in [1.82, 2.24) is 4.98 Å². The van der Waals surface area contributed by atoms with Crippen molar-refractivity contribution in [2.24, 2.45) is 0 Å². The Bertz CT molecular complexity index is 1220. The number of nitrogens with one attached hydrogen (secondary N) is 2. The van der Waals surface area contributed by atoms with Crippen LogP contribution in [0.1, 0.15) is 34.5 Å². The number of H-pyrrole nitrogens is 1. The third kappa shape index (κ3) is 3.97. The highest BCUT2D eigenvalue weighted by molar-refractivity contribution is 6.35. The van der Waals surface area contributed by atoms with Crippen molar-refractivity contribution in [2.75, 3.05) is 12.4 Å². The Kier molecular flexibility index (Phi) is 5.38. The van der Waals surface area contributed by atoms with Gasteiger partial charge in [-0.1, -0.05) is 24.3 Å². The number of carbonyl (C=O) groups is 2. The molecule has 158 valence electrons. The smallest absolute Gasteiger partial charge is 0.303 e. The number of aromatic nitrogens is 1. The minimum absolute atomic E-state index is 0.0753. The average Bonchev–Trinajstić information content (AvgIpc) is 3.21. The first-order valence-corrected chi connectivity index (χ1v) is 10.1. The Balaban J connectivity index is 1.68. The van der Waals surface area contributed by atoms with Crippen molar-refractivity contribution in [3.63, 3.8) is 0 Å². The molecular weight excluding hydrogens is 392 g/mol. The molecule has 3 aromatic rings. The molecule has 0 saturated heterocycles. The number of aliphatic carboxylic acids is 1. The Morgan fingerprint density at radius 3 is 2.65 bits per heavy atom. The van der Waals surface area contributed by atoms with E-state index in [9.17, 15) is 9.59 Å². The molecule has 0 unspecified atom stereocenters. The normalized spacial score (nSPS) is 13.9. The molecule has 1 aromatic heterocycles. The van der Waals surface area contributed by atoms with Gasteiger partial charge >= 0.3 is 5.97 Å². The number of methoxy groups -OCH3 is 1. The molecule has 0 bridgehead atoms. The van der Waals surface area contributed by atoms with Gasteiger partial charge in [-0.3, -0.25) is 9.59 Å². The monoisotopic (exact) mass is 416 g/mol. The van der Waals surface area contributed by atoms with E-state index in [4.69, 9.17) is 9.84 Å². The fraction of sp³-hybridized carbons (Fsp3) is 0.200. The van der Waals surface area contributed by atoms with Crippen molar-refractivity contribution < 1.29 is 19.4 Å². The number of amides is 1. The summed E-state index contributed by atoms with van der Waals surface area (Å²) in [6.07, 6.45) is 2.38. The quantitative estimate of drug-likeness (QED) is 0.503. The second kappa shape index (κ2) is 8.14. The number of benzene rings is 2. The summed E-state index contributed by atoms with van der Waals surface area (Å²) < 4.78 is 5.31. The van der Waals surface area contributed by atoms with Crippen LogP contribution in [0.5, 0.6) is 5.75 Å². The van der Waals surface area contributed by atoms with E-state index in [1.807, 2.05) is 62.4 Å². The first-order chi connectivity index (χ1) is 14.9. The van der Waals surface area contributed by atoms with Gasteiger partial charge in [0.1, 0.15) is 5.75 Å². The van der Waals surface area contributed by atoms with E-state index in [2.05, 4.69) is 10.3 Å². The number of anilines is 1. The number of carboxylic acids is 1. The fourth-order valence-corrected chi connectivity index (χ4v) is 4.03. The zero-order chi connectivity index (χ0) is 22.1. The van der Waals surface area contributed by atoms with Crippen LogP contribution in [0.4, 0.5) is 5.69 Å². The fourth-order valence-electron chi connectivity index (χ4n) is 4.03. The molecule has 0 atom stereocenters. The largest absolute Gasteiger partial charge is 0.497 e. The lowest BCUT2D eigenvalue weighted by Gasteiger charge is -2.07. The van der Waals surface area contributed by atoms with Crippen LogP contribution in [0.2, 0.25) is 0 Å². The number of carbonyl (C=O) groups excluding carboxylic acids is 1. The maximum atomic E-state index is 12.7. The van der Waals surface area contributed by atoms with Gasteiger partial charge in [0, 0.05) is 29.1 Å². The SMILES string of the molecule is COc1cccc(-c2ccc3c(c2)NC(=O)C3=Cc2[nH]c(C)c(CCC(=O)O)c2C)c1. The molecular formula is C25H24N2O4. The number of aryl methyl sites for hydroxylation is 1. The van der Waals surface area contributed by atoms with Crippen LogP contribution in [0, 0.1) is 13.8 Å². The van der Waals surface area contributed by atoms with Crippen LogP contribution in [-0.2, 0) is 16.0 Å². The summed E-state index contributed by atoms with van der Waals surface area (Å²) in [6, 6.07) is 13.7. The summed E-state index contributed by atoms with van der Waals surface area (Å²) in [6.45, 7) is 3.88. The number of fused-ring (bicyclic) bond motifs is 1. The predicted octanol–water partition coefficient (Wildman–Crippen LogP) is 4.82. The van der Waals surface area contributed by atoms with E-state index >= 15 is 0 Å². The van der Waals surface area contributed by atoms with Crippen LogP contribution in [0.25, 0.3) is 22.8 Å². The number of rotatable bonds is 6. The van der Waals surface area contributed by atoms with Crippen LogP contribution in [0.3, 0.4) is 0 Å². The second-order valence-corrected chi connectivity index (χ2v) is 7.67. The maximum absolute atomic E-state index is 12.7. The van der Waals surface area contributed by atoms with Crippen molar-refractivity contribution in [2.45, 2.75) is 26.7 Å². The summed E-state index contributed by atoms with van der Waals surface area (Å²) in [5.74, 6) is -0.203. The highest BCUT2D eigenvalue weighted by Crippen LogP contribution is 2.37. The molecule has 31 heavy (non-hydrogen) atoms. The van der Waals surface area contributed by atoms with E-state index in [0.717, 1.165) is 50.6 Å². The second-order valence-electron chi connectivity index (χ2n) is 7.67. The number of ether oxygens (including phenoxy) is 1. The minimum Gasteiger partial charge on any atom is -0.497 e. The molecule has 1 aliphatic heterocycles. The van der Waals surface area contributed by atoms with Gasteiger partial charge in [0.2, 0.25) is 0 Å². The van der Waals surface area contributed by atoms with E-state index in [-0.39, 0.29) is 12.3 Å². The molecule has 0 radical (unpaired) electrons. The van der Waals surface area contributed by atoms with Gasteiger partial charge in [-0.2, -0.15) is 0 Å². The molecule has 4 rings (SSSR count). The first-order valence-electron chi connectivity index (χ1n) is 10.1. The summed E-state index contributed by atoms with van der Waals surface area (Å²) in [4.78, 5) is 27.0. The minimum atomic E-state index is -0.823. The Morgan fingerprint density at radius 2 is 1.90 bits per heavy atom. The van der Waals surface area contributed by atoms with Gasteiger partial charge < -0.3 is 20.1 Å². The van der Waals surface area contributed by atoms with Crippen molar-refractivity contribution in [1.29, 1.82) is 0 Å². The Morgan fingerprint density at radius 1 is 1.13 bits per heavy atom. The van der Waals surface area contributed by atoms with Crippen LogP contribution < -0.4 is 10.1 Å². The average molecular weight is 416 g/mol. The van der Waals surface area contributed by atoms with Gasteiger partial charge in [0.25, 0.3) is 5.91 Å². The number of carboxylic acid groups (broad SMARTS) is 1. The standard InChI is InChI=1S/C25H24N2O4/c1-14-19(9-10-24(28)29)15(2)26-22(14)13-21-20-8-7-17(12-23(20)27-25(21)30)16-5-4-6-18(11-16)31-3/h4-8,11-13,26H,9-10H2,1-3H3,(H,27,30)(H,28,29). The maximum Gasteiger partial charge on any atom is 0.303 e. The van der Waals surface area contributed by atoms with Gasteiger partial charge in [0.15, 0.2) is 0 Å². The van der Waals surface area contributed by atoms with Gasteiger partial charge in [0.05, 0.1) is 12.7 Å². The number of hydrogen-bond donors (Lipinski definition) is 3. The van der Waals surface area contributed by atoms with Crippen LogP contribution in [-0.4, -0.2) is 29.1 Å². The molecule has 2 heterocycles. The molecule has 0 saturated carbocycles. The molecule has 0 aliphatic carbocycles. The molecule has 3 N–H and O–H groups in total. The molecule has 0 spiro atoms. The van der Waals surface area contributed by atoms with Crippen LogP contribution >= 0.6 is 0 Å². The first kappa shape index (κ1) is 20.5. The lowest BCUT2D eigenvalue weighted by Crippen LogP contribution is -2.03. The molecule has 2 aromatic carbocycles. The topological polar surface area (TPSA) is 91.4 Å². The molecule has 1 amide bonds. The van der Waals surface area contributed by atoms with Crippen LogP contribution in [0.15, 0.2) is 42.5 Å². The molecule has 6 heteroatoms. The lowest BCUT2D eigenvalue weighted by molar-refractivity contribution is -0.137. The van der Waals surface area contributed by atoms with E-state index in [1.54, 1.807) is 7.11 Å². The van der Waals surface area contributed by atoms with Gasteiger partial charge in [-0.05, 0) is 66.8 Å². The number of aromatic amines is 1. The summed E-state index contributed by atoms with van der Waals surface area (Å²) in [5, 5.41) is 11.9. The van der Waals surface area contributed by atoms with E-state index in [1.165, 1.54) is 0 Å². The zero-order valence-corrected chi connectivity index (χ0v) is 17.7. The highest BCUT2D eigenvalue weighted by Gasteiger charge is 2.25. The van der Waals surface area contributed by atoms with E-state index < -0.39 is 5.97 Å². The predicted molar refractivity (Wildman–Crippen MR) is 121 cm³/mol. The summed E-state index contributed by atoms with van der Waals surface area (Å²) in [7, 11) is 1.64. The third-order valence-electron chi connectivity index (χ3n) is 5.71. The van der Waals surface area contributed by atoms with Crippen molar-refractivity contribution >= 4 is 29.2 Å². The lowest BCUT2D eigenvalue weighted by atomic mass is 9.99. The third-order valence-corrected chi connectivity index (χ3v) is 5.71. The Labute approximate surface area is 180 Å². The summed E-state index contributed by atoms with van der Waals surface area (Å²) in [5.41, 5.74) is 7.90. The Hall–Kier alpha value is -3.80. The van der Waals surface area contributed by atoms with Gasteiger partial charge in [-0.25, -0.2) is 0 Å². The number of hydrogen-bond acceptors (Lipinski definition) is 3.